The molecule has 0 aliphatic rings. The van der Waals surface area contributed by atoms with Crippen molar-refractivity contribution < 1.29 is 9.21 Å². The Hall–Kier alpha value is -3.67. The van der Waals surface area contributed by atoms with Gasteiger partial charge in [0.2, 0.25) is 0 Å². The number of furan rings is 1. The molecule has 6 heteroatoms. The number of anilines is 1. The van der Waals surface area contributed by atoms with Gasteiger partial charge >= 0.3 is 0 Å². The van der Waals surface area contributed by atoms with Crippen molar-refractivity contribution in [1.29, 1.82) is 0 Å². The molecule has 0 saturated heterocycles. The third-order valence-corrected chi connectivity index (χ3v) is 4.24. The Morgan fingerprint density at radius 1 is 1.08 bits per heavy atom. The number of aromatic nitrogens is 3. The van der Waals surface area contributed by atoms with Crippen molar-refractivity contribution in [2.24, 2.45) is 0 Å². The Balaban J connectivity index is 1.73. The van der Waals surface area contributed by atoms with Crippen molar-refractivity contribution in [2.75, 3.05) is 5.32 Å². The third kappa shape index (κ3) is 2.88. The Kier molecular flexibility index (Phi) is 4.07. The van der Waals surface area contributed by atoms with E-state index in [4.69, 9.17) is 4.42 Å². The molecule has 1 aromatic carbocycles. The van der Waals surface area contributed by atoms with E-state index >= 15 is 0 Å². The van der Waals surface area contributed by atoms with E-state index in [1.165, 1.54) is 6.26 Å². The maximum atomic E-state index is 12.6. The second-order valence-electron chi connectivity index (χ2n) is 5.80. The molecule has 0 atom stereocenters. The minimum absolute atomic E-state index is 0.218. The predicted octanol–water partition coefficient (Wildman–Crippen LogP) is 4.29. The molecule has 0 aliphatic heterocycles. The molecule has 4 rings (SSSR count). The monoisotopic (exact) mass is 344 g/mol. The van der Waals surface area contributed by atoms with Crippen LogP contribution in [0, 0.1) is 6.92 Å². The topological polar surface area (TPSA) is 83.8 Å². The number of benzene rings is 1. The largest absolute Gasteiger partial charge is 0.449 e. The molecule has 26 heavy (non-hydrogen) atoms. The third-order valence-electron chi connectivity index (χ3n) is 4.24. The molecule has 4 aromatic rings. The van der Waals surface area contributed by atoms with E-state index in [9.17, 15) is 4.79 Å². The average Bonchev–Trinajstić information content (AvgIpc) is 3.34. The van der Waals surface area contributed by atoms with Gasteiger partial charge < -0.3 is 4.42 Å². The van der Waals surface area contributed by atoms with Gasteiger partial charge in [-0.15, -0.1) is 0 Å². The molecule has 0 radical (unpaired) electrons. The maximum absolute atomic E-state index is 12.6. The molecular formula is C20H16N4O2. The molecule has 1 amide bonds. The van der Waals surface area contributed by atoms with E-state index in [1.54, 1.807) is 36.8 Å². The van der Waals surface area contributed by atoms with Gasteiger partial charge in [-0.3, -0.25) is 20.2 Å². The van der Waals surface area contributed by atoms with Gasteiger partial charge in [0, 0.05) is 35.2 Å². The Morgan fingerprint density at radius 2 is 1.92 bits per heavy atom. The van der Waals surface area contributed by atoms with Crippen LogP contribution in [0.25, 0.3) is 22.4 Å². The maximum Gasteiger partial charge on any atom is 0.258 e. The zero-order valence-corrected chi connectivity index (χ0v) is 14.1. The van der Waals surface area contributed by atoms with Gasteiger partial charge in [0.05, 0.1) is 18.2 Å². The summed E-state index contributed by atoms with van der Waals surface area (Å²) >= 11 is 0. The zero-order chi connectivity index (χ0) is 17.9. The molecule has 3 heterocycles. The fourth-order valence-corrected chi connectivity index (χ4v) is 2.92. The van der Waals surface area contributed by atoms with Crippen LogP contribution in [0.2, 0.25) is 0 Å². The summed E-state index contributed by atoms with van der Waals surface area (Å²) in [6.07, 6.45) is 6.78. The van der Waals surface area contributed by atoms with Crippen LogP contribution < -0.4 is 5.32 Å². The van der Waals surface area contributed by atoms with E-state index in [2.05, 4.69) is 20.5 Å². The van der Waals surface area contributed by atoms with Crippen LogP contribution >= 0.6 is 0 Å². The van der Waals surface area contributed by atoms with Crippen LogP contribution in [0.1, 0.15) is 15.9 Å². The van der Waals surface area contributed by atoms with Gasteiger partial charge in [-0.2, -0.15) is 5.10 Å². The summed E-state index contributed by atoms with van der Waals surface area (Å²) in [6, 6.07) is 12.9. The minimum Gasteiger partial charge on any atom is -0.449 e. The summed E-state index contributed by atoms with van der Waals surface area (Å²) in [6.45, 7) is 1.92. The number of aromatic amines is 1. The molecule has 6 nitrogen and oxygen atoms in total. The van der Waals surface area contributed by atoms with Crippen molar-refractivity contribution >= 4 is 11.8 Å². The first-order valence-corrected chi connectivity index (χ1v) is 8.12. The number of rotatable bonds is 4. The Labute approximate surface area is 149 Å². The summed E-state index contributed by atoms with van der Waals surface area (Å²) in [7, 11) is 0. The molecule has 128 valence electrons. The second kappa shape index (κ2) is 6.68. The van der Waals surface area contributed by atoms with Crippen LogP contribution in [0.15, 0.2) is 71.7 Å². The first kappa shape index (κ1) is 15.8. The molecule has 0 unspecified atom stereocenters. The summed E-state index contributed by atoms with van der Waals surface area (Å²) in [5.74, 6) is 0.197. The van der Waals surface area contributed by atoms with Gasteiger partial charge in [0.25, 0.3) is 5.91 Å². The molecule has 2 N–H and O–H groups in total. The van der Waals surface area contributed by atoms with Crippen LogP contribution in [-0.2, 0) is 0 Å². The van der Waals surface area contributed by atoms with Crippen molar-refractivity contribution in [2.45, 2.75) is 6.92 Å². The molecule has 0 saturated carbocycles. The normalized spacial score (nSPS) is 10.7. The van der Waals surface area contributed by atoms with Crippen molar-refractivity contribution in [3.8, 4) is 22.4 Å². The van der Waals surface area contributed by atoms with Gasteiger partial charge in [-0.25, -0.2) is 0 Å². The molecule has 0 spiro atoms. The van der Waals surface area contributed by atoms with Crippen LogP contribution in [-0.4, -0.2) is 21.1 Å². The number of amides is 1. The number of pyridine rings is 1. The Morgan fingerprint density at radius 3 is 2.69 bits per heavy atom. The highest BCUT2D eigenvalue weighted by Gasteiger charge is 2.17. The standard InChI is InChI=1S/C20H16N4O2/c1-13-15(19-17(12-22-24-19)14-7-9-21-10-8-14)4-2-5-16(13)20(25)23-18-6-3-11-26-18/h2-12H,1H3,(H,22,24)(H,23,25). The highest BCUT2D eigenvalue weighted by molar-refractivity contribution is 6.05. The van der Waals surface area contributed by atoms with E-state index in [1.807, 2.05) is 31.2 Å². The van der Waals surface area contributed by atoms with Gasteiger partial charge in [0.15, 0.2) is 5.88 Å². The van der Waals surface area contributed by atoms with Gasteiger partial charge in [-0.05, 0) is 42.3 Å². The van der Waals surface area contributed by atoms with Crippen molar-refractivity contribution in [3.63, 3.8) is 0 Å². The summed E-state index contributed by atoms with van der Waals surface area (Å²) in [4.78, 5) is 16.7. The molecule has 3 aromatic heterocycles. The lowest BCUT2D eigenvalue weighted by atomic mass is 9.95. The number of carbonyl (C=O) groups excluding carboxylic acids is 1. The molecule has 0 aliphatic carbocycles. The first-order chi connectivity index (χ1) is 12.7. The number of nitrogens with one attached hydrogen (secondary N) is 2. The molecule has 0 fully saturated rings. The quantitative estimate of drug-likeness (QED) is 0.578. The van der Waals surface area contributed by atoms with Crippen LogP contribution in [0.4, 0.5) is 5.88 Å². The Bertz CT molecular complexity index is 1040. The predicted molar refractivity (Wildman–Crippen MR) is 98.7 cm³/mol. The van der Waals surface area contributed by atoms with E-state index < -0.39 is 0 Å². The lowest BCUT2D eigenvalue weighted by Gasteiger charge is -2.11. The average molecular weight is 344 g/mol. The highest BCUT2D eigenvalue weighted by Crippen LogP contribution is 2.33. The number of hydrogen-bond acceptors (Lipinski definition) is 4. The smallest absolute Gasteiger partial charge is 0.258 e. The molecular weight excluding hydrogens is 328 g/mol. The van der Waals surface area contributed by atoms with Crippen molar-refractivity contribution in [1.82, 2.24) is 15.2 Å². The van der Waals surface area contributed by atoms with E-state index in [-0.39, 0.29) is 5.91 Å². The van der Waals surface area contributed by atoms with Gasteiger partial charge in [-0.1, -0.05) is 12.1 Å². The SMILES string of the molecule is Cc1c(C(=O)Nc2ccco2)cccc1-c1[nH]ncc1-c1ccncc1. The lowest BCUT2D eigenvalue weighted by molar-refractivity contribution is 0.102. The van der Waals surface area contributed by atoms with Gasteiger partial charge in [0.1, 0.15) is 0 Å². The fourth-order valence-electron chi connectivity index (χ4n) is 2.92. The first-order valence-electron chi connectivity index (χ1n) is 8.12. The number of carbonyl (C=O) groups is 1. The van der Waals surface area contributed by atoms with Crippen LogP contribution in [0.5, 0.6) is 0 Å². The number of H-pyrrole nitrogens is 1. The molecule has 0 bridgehead atoms. The summed E-state index contributed by atoms with van der Waals surface area (Å²) < 4.78 is 5.19. The number of hydrogen-bond donors (Lipinski definition) is 2. The fraction of sp³-hybridized carbons (Fsp3) is 0.0500. The highest BCUT2D eigenvalue weighted by atomic mass is 16.3. The summed E-state index contributed by atoms with van der Waals surface area (Å²) in [5, 5.41) is 10.0. The minimum atomic E-state index is -0.218. The lowest BCUT2D eigenvalue weighted by Crippen LogP contribution is -2.13. The zero-order valence-electron chi connectivity index (χ0n) is 14.1. The second-order valence-corrected chi connectivity index (χ2v) is 5.80. The summed E-state index contributed by atoms with van der Waals surface area (Å²) in [5.41, 5.74) is 5.18. The van der Waals surface area contributed by atoms with Crippen LogP contribution in [0.3, 0.4) is 0 Å². The van der Waals surface area contributed by atoms with E-state index in [0.717, 1.165) is 27.9 Å². The van der Waals surface area contributed by atoms with Crippen molar-refractivity contribution in [3.05, 3.63) is 78.4 Å². The van der Waals surface area contributed by atoms with E-state index in [0.29, 0.717) is 11.4 Å². The number of nitrogens with zero attached hydrogens (tertiary/aromatic N) is 2.